The van der Waals surface area contributed by atoms with Crippen molar-refractivity contribution in [3.8, 4) is 5.75 Å². The number of fused-ring (bicyclic) bond motifs is 1. The molecular formula is C36H26F4NNaO7S. The fourth-order valence-corrected chi connectivity index (χ4v) is 5.59. The van der Waals surface area contributed by atoms with Crippen molar-refractivity contribution in [3.63, 3.8) is 0 Å². The Labute approximate surface area is 306 Å². The summed E-state index contributed by atoms with van der Waals surface area (Å²) in [5, 5.41) is 0.873. The smallest absolute Gasteiger partial charge is 0.744 e. The average molecular weight is 716 g/mol. The first kappa shape index (κ1) is 38.3. The maximum atomic E-state index is 14.2. The molecule has 0 radical (unpaired) electrons. The molecular weight excluding hydrogens is 689 g/mol. The van der Waals surface area contributed by atoms with Crippen molar-refractivity contribution in [2.75, 3.05) is 19.0 Å². The second-order valence-electron chi connectivity index (χ2n) is 10.9. The van der Waals surface area contributed by atoms with Crippen LogP contribution in [-0.2, 0) is 16.5 Å². The van der Waals surface area contributed by atoms with E-state index in [4.69, 9.17) is 4.42 Å². The molecule has 0 atom stereocenters. The van der Waals surface area contributed by atoms with Gasteiger partial charge in [0.2, 0.25) is 17.4 Å². The summed E-state index contributed by atoms with van der Waals surface area (Å²) in [5.41, 5.74) is 4.39. The van der Waals surface area contributed by atoms with E-state index in [1.807, 2.05) is 74.5 Å². The van der Waals surface area contributed by atoms with Gasteiger partial charge < -0.3 is 18.6 Å². The second-order valence-corrected chi connectivity index (χ2v) is 12.2. The van der Waals surface area contributed by atoms with Gasteiger partial charge >= 0.3 is 41.2 Å². The van der Waals surface area contributed by atoms with Gasteiger partial charge in [0.1, 0.15) is 20.6 Å². The van der Waals surface area contributed by atoms with E-state index < -0.39 is 55.6 Å². The van der Waals surface area contributed by atoms with Crippen molar-refractivity contribution in [1.82, 2.24) is 0 Å². The zero-order valence-electron chi connectivity index (χ0n) is 27.1. The summed E-state index contributed by atoms with van der Waals surface area (Å²) in [6.45, 7) is 1.98. The van der Waals surface area contributed by atoms with Crippen molar-refractivity contribution < 1.29 is 74.0 Å². The van der Waals surface area contributed by atoms with Crippen molar-refractivity contribution in [2.45, 2.75) is 18.2 Å². The molecule has 0 aliphatic heterocycles. The molecule has 8 nitrogen and oxygen atoms in total. The van der Waals surface area contributed by atoms with Crippen LogP contribution in [0.2, 0.25) is 0 Å². The quantitative estimate of drug-likeness (QED) is 0.0322. The van der Waals surface area contributed by atoms with E-state index >= 15 is 0 Å². The molecule has 5 aromatic rings. The van der Waals surface area contributed by atoms with Gasteiger partial charge in [-0.2, -0.15) is 8.78 Å². The van der Waals surface area contributed by atoms with E-state index in [0.29, 0.717) is 23.1 Å². The largest absolute Gasteiger partial charge is 1.00 e. The summed E-state index contributed by atoms with van der Waals surface area (Å²) in [7, 11) is -2.09. The molecule has 0 saturated carbocycles. The Morgan fingerprint density at radius 1 is 0.820 bits per heavy atom. The van der Waals surface area contributed by atoms with Gasteiger partial charge in [0.25, 0.3) is 0 Å². The number of rotatable bonds is 9. The van der Waals surface area contributed by atoms with Crippen LogP contribution < -0.4 is 44.8 Å². The molecule has 0 N–H and O–H groups in total. The Balaban J connectivity index is 0.00000562. The summed E-state index contributed by atoms with van der Waals surface area (Å²) in [5.74, 6) is -13.0. The van der Waals surface area contributed by atoms with Crippen LogP contribution in [0, 0.1) is 23.3 Å². The Morgan fingerprint density at radius 2 is 1.32 bits per heavy atom. The van der Waals surface area contributed by atoms with Crippen LogP contribution >= 0.6 is 0 Å². The van der Waals surface area contributed by atoms with Crippen molar-refractivity contribution in [3.05, 3.63) is 134 Å². The minimum Gasteiger partial charge on any atom is -0.744 e. The third kappa shape index (κ3) is 8.09. The summed E-state index contributed by atoms with van der Waals surface area (Å²) in [4.78, 5) is 24.9. The summed E-state index contributed by atoms with van der Waals surface area (Å²) < 4.78 is 99.5. The first-order valence-corrected chi connectivity index (χ1v) is 16.0. The number of carbonyl (C=O) groups excluding carboxylic acids is 1. The van der Waals surface area contributed by atoms with Crippen molar-refractivity contribution >= 4 is 57.0 Å². The average Bonchev–Trinajstić information content (AvgIpc) is 3.07. The fourth-order valence-electron chi connectivity index (χ4n) is 4.97. The Morgan fingerprint density at radius 3 is 1.80 bits per heavy atom. The zero-order valence-corrected chi connectivity index (χ0v) is 29.9. The summed E-state index contributed by atoms with van der Waals surface area (Å²) in [6, 6.07) is 18.6. The molecule has 0 aliphatic carbocycles. The molecule has 0 aliphatic rings. The monoisotopic (exact) mass is 715 g/mol. The maximum Gasteiger partial charge on any atom is 1.00 e. The summed E-state index contributed by atoms with van der Waals surface area (Å²) >= 11 is 0. The van der Waals surface area contributed by atoms with Crippen LogP contribution in [0.15, 0.2) is 80.8 Å². The van der Waals surface area contributed by atoms with Crippen LogP contribution in [0.4, 0.5) is 23.2 Å². The van der Waals surface area contributed by atoms with Crippen molar-refractivity contribution in [1.29, 1.82) is 0 Å². The Bertz CT molecular complexity index is 2290. The molecule has 4 aromatic carbocycles. The van der Waals surface area contributed by atoms with Gasteiger partial charge in [-0.15, -0.1) is 0 Å². The molecule has 0 bridgehead atoms. The molecule has 1 aromatic heterocycles. The number of hydrogen-bond acceptors (Lipinski definition) is 8. The van der Waals surface area contributed by atoms with E-state index in [9.17, 15) is 40.1 Å². The first-order chi connectivity index (χ1) is 23.2. The minimum absolute atomic E-state index is 0. The van der Waals surface area contributed by atoms with Gasteiger partial charge in [0.05, 0.1) is 11.1 Å². The second kappa shape index (κ2) is 15.6. The molecule has 252 valence electrons. The van der Waals surface area contributed by atoms with Crippen LogP contribution in [0.25, 0.3) is 35.3 Å². The van der Waals surface area contributed by atoms with Gasteiger partial charge in [0, 0.05) is 31.2 Å². The standard InChI is InChI=1S/C36H27F4NO7S.Na/c1-4-25-26-18-16-24(41(2)3)19-28(26)47-36(43)27(25)17-13-21-8-5-20(6-9-21)7-10-22-11-14-23(15-12-22)35(42)48-33-29(37)31(39)34(49(44,45)46)32(40)30(33)38;/h5-19H,4H2,1-3H3,(H,44,45,46);/q;+1/p-1/b10-7+,17-13+;. The fraction of sp³-hybridized carbons (Fsp3) is 0.111. The number of ether oxygens (including phenoxy) is 1. The molecule has 0 unspecified atom stereocenters. The number of nitrogens with zero attached hydrogens (tertiary/aromatic N) is 1. The zero-order chi connectivity index (χ0) is 35.6. The Hall–Kier alpha value is -4.53. The van der Waals surface area contributed by atoms with Gasteiger partial charge in [-0.1, -0.05) is 61.5 Å². The molecule has 14 heteroatoms. The molecule has 0 fully saturated rings. The van der Waals surface area contributed by atoms with Gasteiger partial charge in [-0.05, 0) is 59.0 Å². The number of anilines is 1. The molecule has 0 saturated heterocycles. The van der Waals surface area contributed by atoms with Crippen LogP contribution in [-0.4, -0.2) is 33.0 Å². The maximum absolute atomic E-state index is 14.2. The predicted molar refractivity (Wildman–Crippen MR) is 176 cm³/mol. The van der Waals surface area contributed by atoms with E-state index in [1.165, 1.54) is 24.3 Å². The molecule has 0 spiro atoms. The van der Waals surface area contributed by atoms with E-state index in [2.05, 4.69) is 4.74 Å². The van der Waals surface area contributed by atoms with Crippen LogP contribution in [0.5, 0.6) is 5.75 Å². The van der Waals surface area contributed by atoms with Gasteiger partial charge in [-0.25, -0.2) is 26.8 Å². The Kier molecular flexibility index (Phi) is 11.9. The number of esters is 1. The number of hydrogen-bond donors (Lipinski definition) is 0. The normalized spacial score (nSPS) is 11.7. The van der Waals surface area contributed by atoms with Gasteiger partial charge in [0.15, 0.2) is 11.6 Å². The van der Waals surface area contributed by atoms with E-state index in [0.717, 1.165) is 27.8 Å². The number of benzene rings is 4. The predicted octanol–water partition coefficient (Wildman–Crippen LogP) is 4.45. The number of aryl methyl sites for hydroxylation is 1. The molecule has 50 heavy (non-hydrogen) atoms. The number of carbonyl (C=O) groups is 1. The molecule has 1 heterocycles. The van der Waals surface area contributed by atoms with Crippen molar-refractivity contribution in [2.24, 2.45) is 0 Å². The topological polar surface area (TPSA) is 117 Å². The molecule has 5 rings (SSSR count). The first-order valence-electron chi connectivity index (χ1n) is 14.6. The number of halogens is 4. The van der Waals surface area contributed by atoms with E-state index in [1.54, 1.807) is 18.2 Å². The third-order valence-corrected chi connectivity index (χ3v) is 8.39. The van der Waals surface area contributed by atoms with E-state index in [-0.39, 0.29) is 35.1 Å². The minimum atomic E-state index is -5.91. The van der Waals surface area contributed by atoms with Crippen LogP contribution in [0.1, 0.15) is 45.1 Å². The molecule has 0 amide bonds. The third-order valence-electron chi connectivity index (χ3n) is 7.53. The summed E-state index contributed by atoms with van der Waals surface area (Å²) in [6.07, 6.45) is 7.68. The van der Waals surface area contributed by atoms with Gasteiger partial charge in [-0.3, -0.25) is 0 Å². The van der Waals surface area contributed by atoms with Crippen LogP contribution in [0.3, 0.4) is 0 Å². The SMILES string of the molecule is CCc1c(/C=C/c2ccc(/C=C/c3ccc(C(=O)Oc4c(F)c(F)c(S(=O)(=O)[O-])c(F)c4F)cc3)cc2)c(=O)oc2cc(N(C)C)ccc12.[Na+].